The molecule has 0 rings (SSSR count). The van der Waals surface area contributed by atoms with E-state index in [-0.39, 0.29) is 36.2 Å². The third kappa shape index (κ3) is 41.2. The second-order valence-electron chi connectivity index (χ2n) is 18.4. The molecule has 0 bridgehead atoms. The van der Waals surface area contributed by atoms with Gasteiger partial charge in [-0.2, -0.15) is 0 Å². The summed E-state index contributed by atoms with van der Waals surface area (Å²) in [6.45, 7) is 4.69. The normalized spacial score (nSPS) is 13.0. The first-order valence-corrected chi connectivity index (χ1v) is 25.4. The van der Waals surface area contributed by atoms with Gasteiger partial charge in [-0.3, -0.25) is 9.59 Å². The Morgan fingerprint density at radius 3 is 1.35 bits per heavy atom. The lowest BCUT2D eigenvalue weighted by Crippen LogP contribution is -2.50. The Balaban J connectivity index is 4.14. The molecule has 0 aromatic heterocycles. The summed E-state index contributed by atoms with van der Waals surface area (Å²) in [5.41, 5.74) is 0. The van der Waals surface area contributed by atoms with Crippen LogP contribution in [-0.4, -0.2) is 80.6 Å². The molecule has 0 saturated heterocycles. The maximum Gasteiger partial charge on any atom is 0.362 e. The Kier molecular flexibility index (Phi) is 41.9. The molecule has 8 heteroatoms. The van der Waals surface area contributed by atoms with E-state index in [1.165, 1.54) is 135 Å². The third-order valence-corrected chi connectivity index (χ3v) is 11.6. The van der Waals surface area contributed by atoms with E-state index in [9.17, 15) is 19.5 Å². The second kappa shape index (κ2) is 43.5. The molecule has 60 heavy (non-hydrogen) atoms. The molecule has 0 aliphatic rings. The zero-order valence-corrected chi connectivity index (χ0v) is 40.2. The van der Waals surface area contributed by atoms with Crippen molar-refractivity contribution >= 4 is 17.9 Å². The van der Waals surface area contributed by atoms with E-state index >= 15 is 0 Å². The molecule has 0 radical (unpaired) electrons. The van der Waals surface area contributed by atoms with Gasteiger partial charge in [0.15, 0.2) is 12.1 Å². The first kappa shape index (κ1) is 57.8. The van der Waals surface area contributed by atoms with E-state index in [1.807, 2.05) is 21.1 Å². The molecular weight excluding hydrogens is 751 g/mol. The molecule has 0 aliphatic carbocycles. The number of carbonyl (C=O) groups is 3. The van der Waals surface area contributed by atoms with Crippen molar-refractivity contribution in [1.29, 1.82) is 0 Å². The minimum absolute atomic E-state index is 0.0520. The third-order valence-electron chi connectivity index (χ3n) is 11.6. The van der Waals surface area contributed by atoms with E-state index < -0.39 is 18.1 Å². The molecule has 0 fully saturated rings. The van der Waals surface area contributed by atoms with Gasteiger partial charge < -0.3 is 23.8 Å². The molecule has 2 atom stereocenters. The molecule has 0 heterocycles. The van der Waals surface area contributed by atoms with Crippen molar-refractivity contribution in [3.8, 4) is 0 Å². The van der Waals surface area contributed by atoms with Gasteiger partial charge in [0, 0.05) is 19.3 Å². The van der Waals surface area contributed by atoms with Gasteiger partial charge in [0.1, 0.15) is 6.61 Å². The Labute approximate surface area is 371 Å². The molecular formula is C52H98NO7+. The quantitative estimate of drug-likeness (QED) is 0.0282. The predicted octanol–water partition coefficient (Wildman–Crippen LogP) is 14.4. The van der Waals surface area contributed by atoms with Gasteiger partial charge in [0.25, 0.3) is 0 Å². The molecule has 0 aromatic carbocycles. The number of nitrogens with zero attached hydrogens (tertiary/aromatic N) is 1. The van der Waals surface area contributed by atoms with Crippen LogP contribution in [0.25, 0.3) is 0 Å². The van der Waals surface area contributed by atoms with E-state index in [0.29, 0.717) is 19.3 Å². The number of allylic oxidation sites excluding steroid dienone is 4. The molecule has 8 nitrogen and oxygen atoms in total. The van der Waals surface area contributed by atoms with Gasteiger partial charge >= 0.3 is 17.9 Å². The fourth-order valence-electron chi connectivity index (χ4n) is 7.66. The molecule has 2 unspecified atom stereocenters. The minimum atomic E-state index is -0.875. The van der Waals surface area contributed by atoms with E-state index in [2.05, 4.69) is 38.2 Å². The number of ether oxygens (including phenoxy) is 3. The number of aliphatic carboxylic acids is 1. The van der Waals surface area contributed by atoms with Crippen LogP contribution in [0, 0.1) is 0 Å². The molecule has 0 aliphatic heterocycles. The standard InChI is InChI=1S/C52H97NO7/c1-6-8-10-12-14-16-18-20-21-22-23-24-25-26-27-28-29-31-32-34-36-38-40-42-50(54)59-47-48(46-58-45-44-49(52(56)57)53(3,4)5)60-51(55)43-41-39-37-35-33-30-19-17-15-13-11-9-7-2/h11,13,17,19,48-49H,6-10,12,14-16,18,20-47H2,1-5H3/p+1/b13-11-,19-17-. The monoisotopic (exact) mass is 849 g/mol. The Morgan fingerprint density at radius 1 is 0.500 bits per heavy atom. The van der Waals surface area contributed by atoms with Crippen LogP contribution in [0.3, 0.4) is 0 Å². The minimum Gasteiger partial charge on any atom is -0.477 e. The van der Waals surface area contributed by atoms with Gasteiger partial charge in [-0.25, -0.2) is 4.79 Å². The van der Waals surface area contributed by atoms with Crippen molar-refractivity contribution < 1.29 is 38.2 Å². The SMILES string of the molecule is CCC/C=C\C/C=C\CCCCCCCC(=O)OC(COCCC(C(=O)O)[N+](C)(C)C)COC(=O)CCCCCCCCCCCCCCCCCCCCCCCCC. The van der Waals surface area contributed by atoms with Crippen LogP contribution in [-0.2, 0) is 28.6 Å². The summed E-state index contributed by atoms with van der Waals surface area (Å²) in [7, 11) is 5.53. The topological polar surface area (TPSA) is 99.1 Å². The number of likely N-dealkylation sites (N-methyl/N-ethyl adjacent to an activating group) is 1. The Bertz CT molecular complexity index is 1040. The van der Waals surface area contributed by atoms with Crippen molar-refractivity contribution in [2.24, 2.45) is 0 Å². The maximum atomic E-state index is 12.7. The van der Waals surface area contributed by atoms with Gasteiger partial charge in [-0.1, -0.05) is 205 Å². The molecule has 0 amide bonds. The number of carbonyl (C=O) groups excluding carboxylic acids is 2. The van der Waals surface area contributed by atoms with Crippen LogP contribution in [0.4, 0.5) is 0 Å². The number of hydrogen-bond donors (Lipinski definition) is 1. The largest absolute Gasteiger partial charge is 0.477 e. The van der Waals surface area contributed by atoms with Crippen LogP contribution >= 0.6 is 0 Å². The summed E-state index contributed by atoms with van der Waals surface area (Å²) in [6.07, 6.45) is 49.5. The predicted molar refractivity (Wildman–Crippen MR) is 252 cm³/mol. The average molecular weight is 849 g/mol. The summed E-state index contributed by atoms with van der Waals surface area (Å²) >= 11 is 0. The zero-order chi connectivity index (χ0) is 44.2. The maximum absolute atomic E-state index is 12.7. The molecule has 0 saturated carbocycles. The summed E-state index contributed by atoms with van der Waals surface area (Å²) in [5, 5.41) is 9.64. The van der Waals surface area contributed by atoms with Crippen LogP contribution < -0.4 is 0 Å². The number of hydrogen-bond acceptors (Lipinski definition) is 6. The molecule has 0 spiro atoms. The fraction of sp³-hybridized carbons (Fsp3) is 0.865. The Hall–Kier alpha value is -2.19. The van der Waals surface area contributed by atoms with E-state index in [0.717, 1.165) is 70.6 Å². The Morgan fingerprint density at radius 2 is 0.917 bits per heavy atom. The summed E-state index contributed by atoms with van der Waals surface area (Å²) in [4.78, 5) is 37.1. The summed E-state index contributed by atoms with van der Waals surface area (Å²) in [5.74, 6) is -1.47. The lowest BCUT2D eigenvalue weighted by atomic mass is 10.0. The van der Waals surface area contributed by atoms with Crippen molar-refractivity contribution in [1.82, 2.24) is 0 Å². The molecule has 352 valence electrons. The van der Waals surface area contributed by atoms with Crippen LogP contribution in [0.5, 0.6) is 0 Å². The van der Waals surface area contributed by atoms with Crippen LogP contribution in [0.1, 0.15) is 239 Å². The number of rotatable bonds is 46. The van der Waals surface area contributed by atoms with E-state index in [4.69, 9.17) is 14.2 Å². The number of carboxylic acid groups (broad SMARTS) is 1. The number of carboxylic acids is 1. The van der Waals surface area contributed by atoms with Crippen molar-refractivity contribution in [3.63, 3.8) is 0 Å². The number of quaternary nitrogens is 1. The molecule has 0 aromatic rings. The number of esters is 2. The highest BCUT2D eigenvalue weighted by molar-refractivity contribution is 5.72. The number of unbranched alkanes of at least 4 members (excludes halogenated alkanes) is 28. The van der Waals surface area contributed by atoms with Crippen molar-refractivity contribution in [3.05, 3.63) is 24.3 Å². The molecule has 1 N–H and O–H groups in total. The van der Waals surface area contributed by atoms with Crippen LogP contribution in [0.2, 0.25) is 0 Å². The van der Waals surface area contributed by atoms with Gasteiger partial charge in [-0.15, -0.1) is 0 Å². The highest BCUT2D eigenvalue weighted by Gasteiger charge is 2.31. The van der Waals surface area contributed by atoms with Gasteiger partial charge in [0.2, 0.25) is 0 Å². The smallest absolute Gasteiger partial charge is 0.362 e. The average Bonchev–Trinajstić information content (AvgIpc) is 3.21. The van der Waals surface area contributed by atoms with Crippen molar-refractivity contribution in [2.45, 2.75) is 251 Å². The second-order valence-corrected chi connectivity index (χ2v) is 18.4. The first-order chi connectivity index (χ1) is 29.1. The summed E-state index contributed by atoms with van der Waals surface area (Å²) in [6, 6.07) is -0.615. The summed E-state index contributed by atoms with van der Waals surface area (Å²) < 4.78 is 17.3. The fourth-order valence-corrected chi connectivity index (χ4v) is 7.66. The van der Waals surface area contributed by atoms with Gasteiger partial charge in [-0.05, 0) is 38.5 Å². The lowest BCUT2D eigenvalue weighted by Gasteiger charge is -2.31. The van der Waals surface area contributed by atoms with Crippen LogP contribution in [0.15, 0.2) is 24.3 Å². The van der Waals surface area contributed by atoms with Gasteiger partial charge in [0.05, 0.1) is 34.4 Å². The first-order valence-electron chi connectivity index (χ1n) is 25.4. The lowest BCUT2D eigenvalue weighted by molar-refractivity contribution is -0.887. The highest BCUT2D eigenvalue weighted by atomic mass is 16.6. The van der Waals surface area contributed by atoms with E-state index in [1.54, 1.807) is 0 Å². The van der Waals surface area contributed by atoms with Crippen molar-refractivity contribution in [2.75, 3.05) is 41.0 Å². The zero-order valence-electron chi connectivity index (χ0n) is 40.2. The highest BCUT2D eigenvalue weighted by Crippen LogP contribution is 2.17.